The van der Waals surface area contributed by atoms with Crippen molar-refractivity contribution < 1.29 is 19.4 Å². The maximum Gasteiger partial charge on any atom is 0.248 e. The average molecular weight is 465 g/mol. The highest BCUT2D eigenvalue weighted by molar-refractivity contribution is 5.88. The third-order valence-corrected chi connectivity index (χ3v) is 7.45. The maximum atomic E-state index is 12.5. The molecule has 2 aromatic heterocycles. The largest absolute Gasteiger partial charge is 0.497 e. The van der Waals surface area contributed by atoms with Crippen LogP contribution in [0.25, 0.3) is 10.9 Å². The van der Waals surface area contributed by atoms with Crippen LogP contribution < -0.4 is 4.74 Å². The van der Waals surface area contributed by atoms with Gasteiger partial charge in [-0.25, -0.2) is 0 Å². The molecule has 0 radical (unpaired) electrons. The average Bonchev–Trinajstić information content (AvgIpc) is 3.25. The zero-order valence-corrected chi connectivity index (χ0v) is 19.8. The fourth-order valence-electron chi connectivity index (χ4n) is 5.79. The summed E-state index contributed by atoms with van der Waals surface area (Å²) in [6.45, 7) is 2.95. The third kappa shape index (κ3) is 3.96. The highest BCUT2D eigenvalue weighted by Gasteiger charge is 2.47. The number of amides is 1. The van der Waals surface area contributed by atoms with E-state index in [1.54, 1.807) is 14.2 Å². The van der Waals surface area contributed by atoms with Gasteiger partial charge in [-0.2, -0.15) is 0 Å². The van der Waals surface area contributed by atoms with Crippen LogP contribution in [0, 0.1) is 0 Å². The van der Waals surface area contributed by atoms with Crippen LogP contribution in [-0.2, 0) is 21.5 Å². The zero-order valence-electron chi connectivity index (χ0n) is 19.8. The summed E-state index contributed by atoms with van der Waals surface area (Å²) in [4.78, 5) is 24.9. The number of fused-ring (bicyclic) bond motifs is 4. The molecule has 1 spiro atoms. The van der Waals surface area contributed by atoms with Crippen LogP contribution in [0.4, 0.5) is 0 Å². The number of aliphatic hydroxyl groups is 1. The molecule has 2 N–H and O–H groups in total. The van der Waals surface area contributed by atoms with E-state index < -0.39 is 0 Å². The number of likely N-dealkylation sites (tertiary alicyclic amines) is 1. The Hall–Kier alpha value is -2.94. The molecule has 8 nitrogen and oxygen atoms in total. The van der Waals surface area contributed by atoms with Crippen LogP contribution in [0.2, 0.25) is 0 Å². The van der Waals surface area contributed by atoms with Crippen LogP contribution in [0.5, 0.6) is 5.75 Å². The second kappa shape index (κ2) is 9.37. The molecule has 1 fully saturated rings. The van der Waals surface area contributed by atoms with Crippen molar-refractivity contribution in [2.45, 2.75) is 30.8 Å². The van der Waals surface area contributed by atoms with Gasteiger partial charge in [-0.1, -0.05) is 6.07 Å². The minimum Gasteiger partial charge on any atom is -0.497 e. The number of benzene rings is 1. The summed E-state index contributed by atoms with van der Waals surface area (Å²) in [6, 6.07) is 11.9. The minimum absolute atomic E-state index is 0.0122. The lowest BCUT2D eigenvalue weighted by atomic mass is 9.68. The number of pyridine rings is 1. The van der Waals surface area contributed by atoms with Crippen LogP contribution in [-0.4, -0.2) is 77.8 Å². The lowest BCUT2D eigenvalue weighted by Gasteiger charge is -2.50. The van der Waals surface area contributed by atoms with E-state index in [2.05, 4.69) is 20.9 Å². The molecule has 8 heteroatoms. The molecule has 180 valence electrons. The van der Waals surface area contributed by atoms with Gasteiger partial charge in [0.05, 0.1) is 25.5 Å². The molecule has 4 heterocycles. The number of nitrogens with zero attached hydrogens (tertiary/aromatic N) is 3. The van der Waals surface area contributed by atoms with Crippen molar-refractivity contribution in [3.63, 3.8) is 0 Å². The first-order chi connectivity index (χ1) is 16.6. The summed E-state index contributed by atoms with van der Waals surface area (Å²) >= 11 is 0. The molecule has 1 amide bonds. The Labute approximate surface area is 199 Å². The third-order valence-electron chi connectivity index (χ3n) is 7.45. The summed E-state index contributed by atoms with van der Waals surface area (Å²) in [7, 11) is 3.23. The van der Waals surface area contributed by atoms with Crippen LogP contribution in [0.1, 0.15) is 35.8 Å². The Morgan fingerprint density at radius 1 is 1.24 bits per heavy atom. The van der Waals surface area contributed by atoms with Crippen molar-refractivity contribution in [2.75, 3.05) is 47.1 Å². The molecule has 0 aliphatic carbocycles. The molecular formula is C26H32N4O4. The van der Waals surface area contributed by atoms with Crippen molar-refractivity contribution in [3.8, 4) is 5.75 Å². The van der Waals surface area contributed by atoms with Gasteiger partial charge in [0.2, 0.25) is 5.91 Å². The normalized spacial score (nSPS) is 20.0. The van der Waals surface area contributed by atoms with Crippen molar-refractivity contribution >= 4 is 16.8 Å². The molecule has 0 unspecified atom stereocenters. The summed E-state index contributed by atoms with van der Waals surface area (Å²) in [5, 5.41) is 11.7. The number of aromatic amines is 1. The minimum atomic E-state index is -0.158. The zero-order chi connectivity index (χ0) is 23.7. The van der Waals surface area contributed by atoms with E-state index in [1.807, 2.05) is 41.4 Å². The monoisotopic (exact) mass is 464 g/mol. The summed E-state index contributed by atoms with van der Waals surface area (Å²) < 4.78 is 10.5. The Kier molecular flexibility index (Phi) is 6.29. The number of carbonyl (C=O) groups is 1. The van der Waals surface area contributed by atoms with E-state index in [0.29, 0.717) is 19.6 Å². The number of aliphatic hydroxyl groups excluding tert-OH is 1. The first kappa shape index (κ1) is 22.8. The van der Waals surface area contributed by atoms with Gasteiger partial charge in [-0.3, -0.25) is 14.7 Å². The number of hydrogen-bond donors (Lipinski definition) is 2. The van der Waals surface area contributed by atoms with E-state index >= 15 is 0 Å². The van der Waals surface area contributed by atoms with Gasteiger partial charge in [-0.15, -0.1) is 0 Å². The number of carbonyl (C=O) groups excluding carboxylic acids is 1. The highest BCUT2D eigenvalue weighted by atomic mass is 16.5. The van der Waals surface area contributed by atoms with E-state index in [0.717, 1.165) is 42.0 Å². The standard InChI is InChI=1S/C26H32N4O4/c1-33-16-23(32)29-11-8-26(9-12-29)17-30(14-18-5-3-4-10-27-18)22(15-31)25-24(26)20-7-6-19(34-2)13-21(20)28-25/h3-7,10,13,22,28,31H,8-9,11-12,14-17H2,1-2H3/t22-/m1/s1. The molecule has 0 saturated carbocycles. The Morgan fingerprint density at radius 2 is 2.06 bits per heavy atom. The van der Waals surface area contributed by atoms with Crippen molar-refractivity contribution in [2.24, 2.45) is 0 Å². The van der Waals surface area contributed by atoms with E-state index in [1.165, 1.54) is 10.9 Å². The van der Waals surface area contributed by atoms with Crippen molar-refractivity contribution in [1.82, 2.24) is 19.8 Å². The molecular weight excluding hydrogens is 432 g/mol. The summed E-state index contributed by atoms with van der Waals surface area (Å²) in [5.41, 5.74) is 4.20. The summed E-state index contributed by atoms with van der Waals surface area (Å²) in [6.07, 6.45) is 3.51. The molecule has 1 atom stereocenters. The quantitative estimate of drug-likeness (QED) is 0.583. The second-order valence-electron chi connectivity index (χ2n) is 9.34. The molecule has 1 saturated heterocycles. The number of piperidine rings is 1. The highest BCUT2D eigenvalue weighted by Crippen LogP contribution is 2.49. The molecule has 2 aliphatic rings. The lowest BCUT2D eigenvalue weighted by Crippen LogP contribution is -2.54. The lowest BCUT2D eigenvalue weighted by molar-refractivity contribution is -0.137. The van der Waals surface area contributed by atoms with E-state index in [-0.39, 0.29) is 30.6 Å². The van der Waals surface area contributed by atoms with E-state index in [9.17, 15) is 9.90 Å². The number of aromatic nitrogens is 2. The van der Waals surface area contributed by atoms with Crippen molar-refractivity contribution in [3.05, 3.63) is 59.5 Å². The molecule has 1 aromatic carbocycles. The molecule has 3 aromatic rings. The van der Waals surface area contributed by atoms with Gasteiger partial charge in [-0.05, 0) is 42.7 Å². The Morgan fingerprint density at radius 3 is 2.74 bits per heavy atom. The number of rotatable bonds is 6. The number of hydrogen-bond acceptors (Lipinski definition) is 6. The van der Waals surface area contributed by atoms with Gasteiger partial charge in [0, 0.05) is 67.6 Å². The fourth-order valence-corrected chi connectivity index (χ4v) is 5.79. The van der Waals surface area contributed by atoms with Crippen LogP contribution in [0.15, 0.2) is 42.6 Å². The molecule has 34 heavy (non-hydrogen) atoms. The van der Waals surface area contributed by atoms with Crippen LogP contribution >= 0.6 is 0 Å². The predicted octanol–water partition coefficient (Wildman–Crippen LogP) is 2.63. The maximum absolute atomic E-state index is 12.5. The van der Waals surface area contributed by atoms with Gasteiger partial charge in [0.25, 0.3) is 0 Å². The predicted molar refractivity (Wildman–Crippen MR) is 129 cm³/mol. The topological polar surface area (TPSA) is 90.9 Å². The number of H-pyrrole nitrogens is 1. The number of ether oxygens (including phenoxy) is 2. The SMILES string of the molecule is COCC(=O)N1CCC2(CC1)CN(Cc1ccccn1)[C@H](CO)c1[nH]c3cc(OC)ccc3c12. The Balaban J connectivity index is 1.57. The van der Waals surface area contributed by atoms with Crippen LogP contribution in [0.3, 0.4) is 0 Å². The molecule has 0 bridgehead atoms. The van der Waals surface area contributed by atoms with E-state index in [4.69, 9.17) is 9.47 Å². The fraction of sp³-hybridized carbons (Fsp3) is 0.462. The van der Waals surface area contributed by atoms with Gasteiger partial charge in [0.15, 0.2) is 0 Å². The number of nitrogens with one attached hydrogen (secondary N) is 1. The van der Waals surface area contributed by atoms with Gasteiger partial charge < -0.3 is 24.5 Å². The summed E-state index contributed by atoms with van der Waals surface area (Å²) in [5.74, 6) is 0.835. The Bertz CT molecular complexity index is 1150. The first-order valence-electron chi connectivity index (χ1n) is 11.8. The first-order valence-corrected chi connectivity index (χ1v) is 11.8. The van der Waals surface area contributed by atoms with Crippen molar-refractivity contribution in [1.29, 1.82) is 0 Å². The second-order valence-corrected chi connectivity index (χ2v) is 9.34. The van der Waals surface area contributed by atoms with Gasteiger partial charge in [0.1, 0.15) is 12.4 Å². The molecule has 2 aliphatic heterocycles. The smallest absolute Gasteiger partial charge is 0.248 e. The molecule has 5 rings (SSSR count). The van der Waals surface area contributed by atoms with Gasteiger partial charge >= 0.3 is 0 Å². The number of methoxy groups -OCH3 is 2.